The van der Waals surface area contributed by atoms with Crippen molar-refractivity contribution in [1.29, 1.82) is 0 Å². The van der Waals surface area contributed by atoms with E-state index < -0.39 is 11.4 Å². The summed E-state index contributed by atoms with van der Waals surface area (Å²) >= 11 is 0. The lowest BCUT2D eigenvalue weighted by Gasteiger charge is -2.36. The predicted octanol–water partition coefficient (Wildman–Crippen LogP) is 4.54. The number of pyridine rings is 1. The highest BCUT2D eigenvalue weighted by molar-refractivity contribution is 5.94. The summed E-state index contributed by atoms with van der Waals surface area (Å²) in [6, 6.07) is 8.44. The van der Waals surface area contributed by atoms with Crippen molar-refractivity contribution in [3.05, 3.63) is 53.6 Å². The first-order chi connectivity index (χ1) is 15.3. The van der Waals surface area contributed by atoms with E-state index >= 15 is 0 Å². The molecule has 0 spiro atoms. The summed E-state index contributed by atoms with van der Waals surface area (Å²) in [4.78, 5) is 16.4. The molecule has 3 aromatic heterocycles. The van der Waals surface area contributed by atoms with Gasteiger partial charge in [0, 0.05) is 34.9 Å². The van der Waals surface area contributed by atoms with Gasteiger partial charge in [-0.05, 0) is 49.1 Å². The highest BCUT2D eigenvalue weighted by atomic mass is 19.1. The van der Waals surface area contributed by atoms with Gasteiger partial charge in [-0.2, -0.15) is 5.10 Å². The van der Waals surface area contributed by atoms with E-state index in [2.05, 4.69) is 28.6 Å². The van der Waals surface area contributed by atoms with Crippen LogP contribution in [0.15, 0.2) is 36.5 Å². The van der Waals surface area contributed by atoms with Crippen molar-refractivity contribution in [3.63, 3.8) is 0 Å². The number of H-pyrrole nitrogens is 1. The number of hydrogen-bond acceptors (Lipinski definition) is 4. The molecule has 1 saturated carbocycles. The van der Waals surface area contributed by atoms with Gasteiger partial charge in [0.05, 0.1) is 29.8 Å². The van der Waals surface area contributed by atoms with Gasteiger partial charge in [-0.25, -0.2) is 9.37 Å². The van der Waals surface area contributed by atoms with Crippen LogP contribution in [-0.4, -0.2) is 44.5 Å². The molecule has 3 heterocycles. The number of aliphatic carboxylic acids is 1. The van der Waals surface area contributed by atoms with Crippen LogP contribution in [0.2, 0.25) is 0 Å². The van der Waals surface area contributed by atoms with Gasteiger partial charge in [-0.1, -0.05) is 13.8 Å². The number of methoxy groups -OCH3 is 1. The quantitative estimate of drug-likeness (QED) is 0.463. The first kappa shape index (κ1) is 20.6. The average Bonchev–Trinajstić information content (AvgIpc) is 3.28. The number of hydrogen-bond donors (Lipinski definition) is 2. The highest BCUT2D eigenvalue weighted by Crippen LogP contribution is 2.49. The normalized spacial score (nSPS) is 18.9. The molecule has 166 valence electrons. The average molecular weight is 436 g/mol. The van der Waals surface area contributed by atoms with Gasteiger partial charge in [-0.15, -0.1) is 0 Å². The number of aromatic amines is 1. The summed E-state index contributed by atoms with van der Waals surface area (Å²) in [5.74, 6) is -1.34. The zero-order valence-corrected chi connectivity index (χ0v) is 18.2. The monoisotopic (exact) mass is 436 g/mol. The number of nitrogens with zero attached hydrogens (tertiary/aromatic N) is 3. The third-order valence-corrected chi connectivity index (χ3v) is 6.51. The number of ether oxygens (including phenoxy) is 1. The fourth-order valence-corrected chi connectivity index (χ4v) is 4.99. The van der Waals surface area contributed by atoms with Gasteiger partial charge in [0.2, 0.25) is 0 Å². The Labute approximate surface area is 184 Å². The van der Waals surface area contributed by atoms with E-state index in [9.17, 15) is 14.3 Å². The second-order valence-corrected chi connectivity index (χ2v) is 9.26. The minimum Gasteiger partial charge on any atom is -0.481 e. The van der Waals surface area contributed by atoms with Crippen LogP contribution in [0.5, 0.6) is 0 Å². The molecule has 8 heteroatoms. The maximum Gasteiger partial charge on any atom is 0.306 e. The summed E-state index contributed by atoms with van der Waals surface area (Å²) < 4.78 is 21.4. The molecule has 0 radical (unpaired) electrons. The minimum absolute atomic E-state index is 0.0688. The van der Waals surface area contributed by atoms with E-state index in [-0.39, 0.29) is 17.7 Å². The van der Waals surface area contributed by atoms with Crippen molar-refractivity contribution in [2.24, 2.45) is 5.92 Å². The summed E-state index contributed by atoms with van der Waals surface area (Å²) in [6.07, 6.45) is 2.86. The summed E-state index contributed by atoms with van der Waals surface area (Å²) in [7, 11) is 1.67. The predicted molar refractivity (Wildman–Crippen MR) is 119 cm³/mol. The first-order valence-electron chi connectivity index (χ1n) is 10.7. The molecule has 1 aromatic carbocycles. The van der Waals surface area contributed by atoms with Crippen molar-refractivity contribution >= 4 is 28.0 Å². The number of carboxylic acids is 1. The lowest BCUT2D eigenvalue weighted by atomic mass is 9.69. The summed E-state index contributed by atoms with van der Waals surface area (Å²) in [6.45, 7) is 4.68. The van der Waals surface area contributed by atoms with Crippen LogP contribution >= 0.6 is 0 Å². The van der Waals surface area contributed by atoms with E-state index in [1.807, 2.05) is 6.07 Å². The zero-order chi connectivity index (χ0) is 22.6. The second-order valence-electron chi connectivity index (χ2n) is 9.26. The Morgan fingerprint density at radius 3 is 2.69 bits per heavy atom. The molecule has 32 heavy (non-hydrogen) atoms. The molecule has 0 saturated heterocycles. The van der Waals surface area contributed by atoms with Crippen LogP contribution in [0.4, 0.5) is 4.39 Å². The summed E-state index contributed by atoms with van der Waals surface area (Å²) in [5.41, 5.74) is 4.86. The molecule has 0 aliphatic heterocycles. The Balaban J connectivity index is 1.84. The van der Waals surface area contributed by atoms with Crippen LogP contribution in [0.25, 0.3) is 27.8 Å². The molecule has 0 bridgehead atoms. The molecule has 4 aromatic rings. The van der Waals surface area contributed by atoms with E-state index in [4.69, 9.17) is 9.72 Å². The van der Waals surface area contributed by atoms with E-state index in [0.717, 1.165) is 33.4 Å². The molecule has 1 aliphatic carbocycles. The zero-order valence-electron chi connectivity index (χ0n) is 18.2. The Kier molecular flexibility index (Phi) is 4.78. The molecular formula is C24H25FN4O3. The van der Waals surface area contributed by atoms with Crippen LogP contribution in [0.3, 0.4) is 0 Å². The number of rotatable bonds is 6. The number of fused-ring (bicyclic) bond motifs is 2. The number of nitrogens with one attached hydrogen (secondary N) is 1. The van der Waals surface area contributed by atoms with Crippen LogP contribution < -0.4 is 0 Å². The van der Waals surface area contributed by atoms with Crippen molar-refractivity contribution in [2.45, 2.75) is 38.0 Å². The minimum atomic E-state index is -0.759. The fraction of sp³-hybridized carbons (Fsp3) is 0.375. The van der Waals surface area contributed by atoms with Crippen LogP contribution in [-0.2, 0) is 14.9 Å². The van der Waals surface area contributed by atoms with E-state index in [0.29, 0.717) is 25.1 Å². The third kappa shape index (κ3) is 3.17. The smallest absolute Gasteiger partial charge is 0.306 e. The molecular weight excluding hydrogens is 411 g/mol. The number of aromatic nitrogens is 4. The maximum atomic E-state index is 13.7. The maximum absolute atomic E-state index is 13.7. The molecule has 1 aliphatic rings. The van der Waals surface area contributed by atoms with Gasteiger partial charge < -0.3 is 14.4 Å². The molecule has 0 amide bonds. The standard InChI is InChI=1S/C24H25FN4O3/c1-24(2,12-32-3)21-19(13-8-14(9-13)23(30)31)20-18(10-15-11-26-28-22(15)27-20)29(21)17-6-4-16(25)5-7-17/h4-7,10-11,13-14H,8-9,12H2,1-3H3,(H,30,31)(H,26,27,28)/t13-,14-. The number of benzene rings is 1. The lowest BCUT2D eigenvalue weighted by molar-refractivity contribution is -0.145. The Morgan fingerprint density at radius 1 is 1.31 bits per heavy atom. The van der Waals surface area contributed by atoms with Crippen LogP contribution in [0.1, 0.15) is 43.9 Å². The molecule has 0 unspecified atom stereocenters. The van der Waals surface area contributed by atoms with Crippen molar-refractivity contribution in [1.82, 2.24) is 19.7 Å². The molecule has 0 atom stereocenters. The number of halogens is 1. The molecule has 1 fully saturated rings. The van der Waals surface area contributed by atoms with Gasteiger partial charge in [0.15, 0.2) is 5.65 Å². The molecule has 5 rings (SSSR count). The largest absolute Gasteiger partial charge is 0.481 e. The third-order valence-electron chi connectivity index (χ3n) is 6.51. The Morgan fingerprint density at radius 2 is 2.03 bits per heavy atom. The highest BCUT2D eigenvalue weighted by Gasteiger charge is 2.42. The van der Waals surface area contributed by atoms with E-state index in [1.165, 1.54) is 12.1 Å². The van der Waals surface area contributed by atoms with Gasteiger partial charge >= 0.3 is 5.97 Å². The van der Waals surface area contributed by atoms with Crippen molar-refractivity contribution < 1.29 is 19.0 Å². The van der Waals surface area contributed by atoms with Gasteiger partial charge in [-0.3, -0.25) is 9.89 Å². The SMILES string of the molecule is COCC(C)(C)c1c([C@H]2C[C@H](C(=O)O)C2)c2nc3[nH]ncc3cc2n1-c1ccc(F)cc1. The molecule has 7 nitrogen and oxygen atoms in total. The van der Waals surface area contributed by atoms with E-state index in [1.54, 1.807) is 25.4 Å². The van der Waals surface area contributed by atoms with Crippen LogP contribution in [0, 0.1) is 11.7 Å². The summed E-state index contributed by atoms with van der Waals surface area (Å²) in [5, 5.41) is 17.4. The van der Waals surface area contributed by atoms with Gasteiger partial charge in [0.25, 0.3) is 0 Å². The van der Waals surface area contributed by atoms with Crippen molar-refractivity contribution in [3.8, 4) is 5.69 Å². The molecule has 2 N–H and O–H groups in total. The van der Waals surface area contributed by atoms with Crippen molar-refractivity contribution in [2.75, 3.05) is 13.7 Å². The second kappa shape index (κ2) is 7.41. The first-order valence-corrected chi connectivity index (χ1v) is 10.7. The topological polar surface area (TPSA) is 93.0 Å². The fourth-order valence-electron chi connectivity index (χ4n) is 4.99. The number of carboxylic acid groups (broad SMARTS) is 1. The Bertz CT molecular complexity index is 1320. The Hall–Kier alpha value is -3.26. The number of carbonyl (C=O) groups is 1. The lowest BCUT2D eigenvalue weighted by Crippen LogP contribution is -2.33. The van der Waals surface area contributed by atoms with Gasteiger partial charge in [0.1, 0.15) is 5.82 Å².